The number of ether oxygens (including phenoxy) is 1. The summed E-state index contributed by atoms with van der Waals surface area (Å²) >= 11 is 0. The molecule has 0 radical (unpaired) electrons. The molecule has 0 aliphatic rings. The van der Waals surface area contributed by atoms with Crippen molar-refractivity contribution in [3.63, 3.8) is 0 Å². The summed E-state index contributed by atoms with van der Waals surface area (Å²) in [5.74, 6) is -2.48. The molecule has 0 fully saturated rings. The molecule has 0 aliphatic heterocycles. The van der Waals surface area contributed by atoms with Gasteiger partial charge in [-0.15, -0.1) is 0 Å². The lowest BCUT2D eigenvalue weighted by Crippen LogP contribution is -2.43. The number of rotatable bonds is 28. The topological polar surface area (TPSA) is 169 Å². The van der Waals surface area contributed by atoms with Crippen LogP contribution in [0.25, 0.3) is 0 Å². The fourth-order valence-electron chi connectivity index (χ4n) is 3.60. The lowest BCUT2D eigenvalue weighted by molar-refractivity contribution is -0.147. The highest BCUT2D eigenvalue weighted by molar-refractivity contribution is 7.47. The minimum atomic E-state index is -4.74. The number of carbonyl (C=O) groups is 3. The van der Waals surface area contributed by atoms with Crippen LogP contribution in [0.15, 0.2) is 48.6 Å². The molecule has 0 aromatic heterocycles. The predicted octanol–water partition coefficient (Wildman–Crippen LogP) is 6.32. The Hall–Kier alpha value is -2.56. The van der Waals surface area contributed by atoms with Crippen LogP contribution in [0.4, 0.5) is 0 Å². The number of hydrogen-bond donors (Lipinski definition) is 4. The van der Waals surface area contributed by atoms with Crippen LogP contribution in [-0.4, -0.2) is 64.9 Å². The highest BCUT2D eigenvalue weighted by Gasteiger charge is 2.28. The van der Waals surface area contributed by atoms with E-state index >= 15 is 0 Å². The summed E-state index contributed by atoms with van der Waals surface area (Å²) in [6.45, 7) is 2.22. The molecule has 0 heterocycles. The quantitative estimate of drug-likeness (QED) is 0.0328. The van der Waals surface area contributed by atoms with Crippen molar-refractivity contribution in [2.45, 2.75) is 116 Å². The van der Waals surface area contributed by atoms with E-state index in [0.717, 1.165) is 38.5 Å². The summed E-state index contributed by atoms with van der Waals surface area (Å²) in [6, 6.07) is -1.55. The van der Waals surface area contributed by atoms with Crippen molar-refractivity contribution in [1.82, 2.24) is 5.32 Å². The van der Waals surface area contributed by atoms with Gasteiger partial charge in [-0.2, -0.15) is 0 Å². The van der Waals surface area contributed by atoms with Crippen LogP contribution in [0.5, 0.6) is 0 Å². The molecule has 1 amide bonds. The number of unbranched alkanes of at least 4 members (excludes halogenated alkanes) is 6. The third-order valence-corrected chi connectivity index (χ3v) is 7.07. The molecule has 11 nitrogen and oxygen atoms in total. The van der Waals surface area contributed by atoms with Crippen molar-refractivity contribution in [1.29, 1.82) is 0 Å². The Kier molecular flexibility index (Phi) is 26.3. The number of carbonyl (C=O) groups excluding carboxylic acids is 2. The van der Waals surface area contributed by atoms with Crippen molar-refractivity contribution < 1.29 is 47.8 Å². The third-order valence-electron chi connectivity index (χ3n) is 6.12. The number of carboxylic acid groups (broad SMARTS) is 1. The zero-order valence-corrected chi connectivity index (χ0v) is 27.3. The van der Waals surface area contributed by atoms with Crippen LogP contribution < -0.4 is 5.32 Å². The zero-order valence-electron chi connectivity index (χ0n) is 26.4. The van der Waals surface area contributed by atoms with E-state index in [1.807, 2.05) is 19.1 Å². The molecule has 0 saturated carbocycles. The summed E-state index contributed by atoms with van der Waals surface area (Å²) in [7, 11) is -4.74. The number of phosphoric ester groups is 1. The van der Waals surface area contributed by atoms with Gasteiger partial charge in [-0.3, -0.25) is 18.6 Å². The second kappa shape index (κ2) is 28.0. The summed E-state index contributed by atoms with van der Waals surface area (Å²) < 4.78 is 26.3. The van der Waals surface area contributed by atoms with Crippen molar-refractivity contribution in [3.8, 4) is 0 Å². The smallest absolute Gasteiger partial charge is 0.472 e. The summed E-state index contributed by atoms with van der Waals surface area (Å²) in [5.41, 5.74) is 0. The van der Waals surface area contributed by atoms with Crippen LogP contribution in [0.1, 0.15) is 104 Å². The van der Waals surface area contributed by atoms with Gasteiger partial charge in [0.25, 0.3) is 0 Å². The summed E-state index contributed by atoms with van der Waals surface area (Å²) in [5, 5.41) is 21.3. The fourth-order valence-corrected chi connectivity index (χ4v) is 4.37. The van der Waals surface area contributed by atoms with Crippen LogP contribution in [-0.2, 0) is 32.7 Å². The largest absolute Gasteiger partial charge is 0.480 e. The molecule has 0 saturated heterocycles. The monoisotopic (exact) mass is 643 g/mol. The average Bonchev–Trinajstić information content (AvgIpc) is 2.98. The molecule has 3 unspecified atom stereocenters. The Morgan fingerprint density at radius 2 is 1.25 bits per heavy atom. The van der Waals surface area contributed by atoms with Crippen molar-refractivity contribution in [3.05, 3.63) is 48.6 Å². The molecule has 4 N–H and O–H groups in total. The van der Waals surface area contributed by atoms with Gasteiger partial charge in [-0.05, 0) is 51.4 Å². The molecular formula is C32H54NO10P. The number of aliphatic hydroxyl groups excluding tert-OH is 1. The lowest BCUT2D eigenvalue weighted by atomic mass is 10.2. The van der Waals surface area contributed by atoms with Gasteiger partial charge in [-0.1, -0.05) is 88.1 Å². The number of esters is 1. The number of aliphatic carboxylic acids is 1. The normalized spacial score (nSPS) is 14.8. The van der Waals surface area contributed by atoms with E-state index in [1.165, 1.54) is 19.3 Å². The first-order valence-electron chi connectivity index (χ1n) is 15.7. The first-order chi connectivity index (χ1) is 21.1. The first kappa shape index (κ1) is 41.4. The molecule has 0 spiro atoms. The molecule has 252 valence electrons. The van der Waals surface area contributed by atoms with Crippen LogP contribution in [0.3, 0.4) is 0 Å². The summed E-state index contributed by atoms with van der Waals surface area (Å²) in [4.78, 5) is 44.8. The van der Waals surface area contributed by atoms with Gasteiger partial charge < -0.3 is 25.2 Å². The zero-order chi connectivity index (χ0) is 32.9. The number of allylic oxidation sites excluding steroid dienone is 8. The van der Waals surface area contributed by atoms with E-state index in [9.17, 15) is 34.1 Å². The molecule has 0 aromatic carbocycles. The number of nitrogens with one attached hydrogen (secondary N) is 1. The summed E-state index contributed by atoms with van der Waals surface area (Å²) in [6.07, 6.45) is 27.1. The second-order valence-corrected chi connectivity index (χ2v) is 11.7. The Morgan fingerprint density at radius 1 is 0.727 bits per heavy atom. The van der Waals surface area contributed by atoms with Crippen LogP contribution >= 0.6 is 7.82 Å². The molecular weight excluding hydrogens is 589 g/mol. The maximum absolute atomic E-state index is 12.0. The number of phosphoric acid groups is 1. The van der Waals surface area contributed by atoms with E-state index in [2.05, 4.69) is 57.7 Å². The number of carboxylic acids is 1. The minimum absolute atomic E-state index is 0.125. The van der Waals surface area contributed by atoms with Crippen molar-refractivity contribution in [2.75, 3.05) is 19.8 Å². The van der Waals surface area contributed by atoms with E-state index in [4.69, 9.17) is 4.74 Å². The van der Waals surface area contributed by atoms with Gasteiger partial charge >= 0.3 is 19.8 Å². The van der Waals surface area contributed by atoms with Crippen molar-refractivity contribution >= 4 is 25.7 Å². The Balaban J connectivity index is 4.02. The molecule has 3 atom stereocenters. The van der Waals surface area contributed by atoms with E-state index < -0.39 is 57.6 Å². The van der Waals surface area contributed by atoms with E-state index in [1.54, 1.807) is 0 Å². The predicted molar refractivity (Wildman–Crippen MR) is 171 cm³/mol. The lowest BCUT2D eigenvalue weighted by Gasteiger charge is -2.18. The van der Waals surface area contributed by atoms with Gasteiger partial charge in [0.1, 0.15) is 12.7 Å². The van der Waals surface area contributed by atoms with Crippen LogP contribution in [0, 0.1) is 0 Å². The van der Waals surface area contributed by atoms with E-state index in [-0.39, 0.29) is 12.8 Å². The van der Waals surface area contributed by atoms with Gasteiger partial charge in [0.15, 0.2) is 6.04 Å². The van der Waals surface area contributed by atoms with E-state index in [0.29, 0.717) is 19.3 Å². The fraction of sp³-hybridized carbons (Fsp3) is 0.656. The Morgan fingerprint density at radius 3 is 1.82 bits per heavy atom. The van der Waals surface area contributed by atoms with Gasteiger partial charge in [0, 0.05) is 12.8 Å². The first-order valence-corrected chi connectivity index (χ1v) is 17.2. The minimum Gasteiger partial charge on any atom is -0.480 e. The van der Waals surface area contributed by atoms with Gasteiger partial charge in [0.05, 0.1) is 13.2 Å². The average molecular weight is 644 g/mol. The van der Waals surface area contributed by atoms with Gasteiger partial charge in [-0.25, -0.2) is 9.36 Å². The molecule has 12 heteroatoms. The van der Waals surface area contributed by atoms with Crippen LogP contribution in [0.2, 0.25) is 0 Å². The standard InChI is InChI=1S/C32H54NO10P/c1-3-5-7-8-9-10-11-12-13-14-15-16-17-18-19-20-22-24-31(36)41-25-28(34)26-42-44(39,40)43-27-29(32(37)38)33-30(35)23-21-6-4-2/h9-10,12-13,15-16,18-19,28-29,34H,3-8,11,14,17,20-27H2,1-2H3,(H,33,35)(H,37,38)(H,39,40)/b10-9-,13-12-,16-15-,19-18-. The molecule has 0 rings (SSSR count). The highest BCUT2D eigenvalue weighted by Crippen LogP contribution is 2.43. The molecule has 0 aliphatic carbocycles. The SMILES string of the molecule is CCCCC/C=C\C/C=C\C/C=C\C/C=C\CCCC(=O)OCC(O)COP(=O)(O)OCC(NC(=O)CCCCC)C(=O)O. The molecule has 44 heavy (non-hydrogen) atoms. The Bertz CT molecular complexity index is 947. The highest BCUT2D eigenvalue weighted by atomic mass is 31.2. The molecule has 0 bridgehead atoms. The van der Waals surface area contributed by atoms with Crippen molar-refractivity contribution in [2.24, 2.45) is 0 Å². The molecule has 0 aromatic rings. The maximum atomic E-state index is 12.0. The maximum Gasteiger partial charge on any atom is 0.472 e. The number of hydrogen-bond acceptors (Lipinski definition) is 8. The third kappa shape index (κ3) is 27.0. The number of amides is 1. The Labute approximate surface area is 263 Å². The second-order valence-electron chi connectivity index (χ2n) is 10.3. The van der Waals surface area contributed by atoms with Gasteiger partial charge in [0.2, 0.25) is 5.91 Å². The number of aliphatic hydroxyl groups is 1.